The number of aromatic nitrogens is 2. The fourth-order valence-electron chi connectivity index (χ4n) is 3.40. The highest BCUT2D eigenvalue weighted by atomic mass is 32.1. The molecule has 0 aliphatic carbocycles. The Kier molecular flexibility index (Phi) is 5.77. The van der Waals surface area contributed by atoms with Crippen LogP contribution in [-0.2, 0) is 11.3 Å². The number of methoxy groups -OCH3 is 1. The average molecular weight is 432 g/mol. The van der Waals surface area contributed by atoms with Crippen LogP contribution in [0.1, 0.15) is 37.4 Å². The number of anilines is 1. The topological polar surface area (TPSA) is 72.4 Å². The van der Waals surface area contributed by atoms with Crippen molar-refractivity contribution in [3.63, 3.8) is 0 Å². The van der Waals surface area contributed by atoms with Crippen molar-refractivity contribution in [2.24, 2.45) is 0 Å². The van der Waals surface area contributed by atoms with Gasteiger partial charge in [0.2, 0.25) is 0 Å². The molecule has 2 heterocycles. The van der Waals surface area contributed by atoms with E-state index in [1.165, 1.54) is 18.4 Å². The largest absolute Gasteiger partial charge is 0.465 e. The average Bonchev–Trinajstić information content (AvgIpc) is 3.21. The quantitative estimate of drug-likeness (QED) is 0.419. The van der Waals surface area contributed by atoms with Gasteiger partial charge < -0.3 is 4.74 Å². The number of aryl methyl sites for hydroxylation is 2. The van der Waals surface area contributed by atoms with Gasteiger partial charge in [-0.15, -0.1) is 0 Å². The van der Waals surface area contributed by atoms with Gasteiger partial charge in [0, 0.05) is 18.0 Å². The highest BCUT2D eigenvalue weighted by Gasteiger charge is 2.23. The lowest BCUT2D eigenvalue weighted by molar-refractivity contribution is 0.0600. The molecule has 0 N–H and O–H groups in total. The van der Waals surface area contributed by atoms with Crippen LogP contribution in [0, 0.1) is 13.8 Å². The maximum absolute atomic E-state index is 13.5. The van der Waals surface area contributed by atoms with Gasteiger partial charge in [-0.05, 0) is 66.9 Å². The minimum Gasteiger partial charge on any atom is -0.465 e. The molecule has 0 aliphatic heterocycles. The van der Waals surface area contributed by atoms with Gasteiger partial charge in [-0.2, -0.15) is 0 Å². The Labute approximate surface area is 184 Å². The summed E-state index contributed by atoms with van der Waals surface area (Å²) in [6, 6.07) is 14.4. The molecule has 0 saturated carbocycles. The maximum atomic E-state index is 13.5. The number of hydrogen-bond donors (Lipinski definition) is 0. The van der Waals surface area contributed by atoms with Crippen molar-refractivity contribution in [1.29, 1.82) is 0 Å². The van der Waals surface area contributed by atoms with Gasteiger partial charge in [-0.3, -0.25) is 14.7 Å². The van der Waals surface area contributed by atoms with E-state index in [1.807, 2.05) is 25.1 Å². The van der Waals surface area contributed by atoms with Crippen LogP contribution in [0.2, 0.25) is 0 Å². The van der Waals surface area contributed by atoms with Crippen molar-refractivity contribution < 1.29 is 14.3 Å². The molecule has 6 nitrogen and oxygen atoms in total. The van der Waals surface area contributed by atoms with E-state index in [0.717, 1.165) is 26.9 Å². The van der Waals surface area contributed by atoms with Crippen molar-refractivity contribution in [2.45, 2.75) is 20.4 Å². The Morgan fingerprint density at radius 1 is 1.06 bits per heavy atom. The highest BCUT2D eigenvalue weighted by molar-refractivity contribution is 7.22. The van der Waals surface area contributed by atoms with Crippen LogP contribution in [0.4, 0.5) is 5.13 Å². The van der Waals surface area contributed by atoms with Crippen molar-refractivity contribution in [2.75, 3.05) is 12.0 Å². The fraction of sp³-hybridized carbons (Fsp3) is 0.167. The molecule has 0 bridgehead atoms. The minimum absolute atomic E-state index is 0.200. The second-order valence-corrected chi connectivity index (χ2v) is 8.23. The number of esters is 1. The lowest BCUT2D eigenvalue weighted by atomic mass is 10.1. The number of benzene rings is 2. The third-order valence-electron chi connectivity index (χ3n) is 4.90. The van der Waals surface area contributed by atoms with Crippen LogP contribution >= 0.6 is 11.3 Å². The molecule has 2 aromatic carbocycles. The van der Waals surface area contributed by atoms with E-state index < -0.39 is 5.97 Å². The Morgan fingerprint density at radius 3 is 2.48 bits per heavy atom. The van der Waals surface area contributed by atoms with Crippen LogP contribution in [0.3, 0.4) is 0 Å². The van der Waals surface area contributed by atoms with Crippen molar-refractivity contribution in [1.82, 2.24) is 9.97 Å². The standard InChI is InChI=1S/C24H21N3O3S/c1-15-11-16(2)21-20(12-15)26-24(31-21)27(14-17-5-4-10-25-13-17)22(28)18-6-8-19(9-7-18)23(29)30-3/h4-13H,14H2,1-3H3. The van der Waals surface area contributed by atoms with Gasteiger partial charge in [-0.25, -0.2) is 9.78 Å². The molecule has 31 heavy (non-hydrogen) atoms. The number of pyridine rings is 1. The lowest BCUT2D eigenvalue weighted by Gasteiger charge is -2.20. The zero-order valence-electron chi connectivity index (χ0n) is 17.5. The summed E-state index contributed by atoms with van der Waals surface area (Å²) in [5.41, 5.74) is 4.89. The molecule has 1 amide bonds. The third kappa shape index (κ3) is 4.32. The van der Waals surface area contributed by atoms with Gasteiger partial charge in [0.1, 0.15) is 0 Å². The molecule has 156 valence electrons. The Bertz CT molecular complexity index is 1250. The van der Waals surface area contributed by atoms with E-state index in [2.05, 4.69) is 18.0 Å². The molecule has 0 aliphatic rings. The summed E-state index contributed by atoms with van der Waals surface area (Å²) in [5.74, 6) is -0.642. The zero-order chi connectivity index (χ0) is 22.0. The molecular formula is C24H21N3O3S. The lowest BCUT2D eigenvalue weighted by Crippen LogP contribution is -2.30. The monoisotopic (exact) mass is 431 g/mol. The third-order valence-corrected chi connectivity index (χ3v) is 6.13. The molecule has 0 atom stereocenters. The minimum atomic E-state index is -0.441. The summed E-state index contributed by atoms with van der Waals surface area (Å²) in [5, 5.41) is 0.620. The Balaban J connectivity index is 1.75. The van der Waals surface area contributed by atoms with Gasteiger partial charge >= 0.3 is 5.97 Å². The summed E-state index contributed by atoms with van der Waals surface area (Å²) in [7, 11) is 1.33. The summed E-state index contributed by atoms with van der Waals surface area (Å²) < 4.78 is 5.80. The van der Waals surface area contributed by atoms with Gasteiger partial charge in [0.05, 0.1) is 29.4 Å². The molecule has 7 heteroatoms. The summed E-state index contributed by atoms with van der Waals surface area (Å²) in [4.78, 5) is 35.8. The van der Waals surface area contributed by atoms with Crippen LogP contribution in [0.5, 0.6) is 0 Å². The first-order valence-electron chi connectivity index (χ1n) is 9.73. The van der Waals surface area contributed by atoms with E-state index in [1.54, 1.807) is 41.6 Å². The van der Waals surface area contributed by atoms with Crippen molar-refractivity contribution >= 4 is 38.6 Å². The van der Waals surface area contributed by atoms with E-state index >= 15 is 0 Å². The second kappa shape index (κ2) is 8.65. The molecule has 0 fully saturated rings. The van der Waals surface area contributed by atoms with E-state index in [9.17, 15) is 9.59 Å². The molecule has 4 aromatic rings. The van der Waals surface area contributed by atoms with Crippen molar-refractivity contribution in [3.05, 3.63) is 88.7 Å². The number of carbonyl (C=O) groups is 2. The number of hydrogen-bond acceptors (Lipinski definition) is 6. The predicted octanol–water partition coefficient (Wildman–Crippen LogP) is 4.94. The van der Waals surface area contributed by atoms with E-state index in [0.29, 0.717) is 22.8 Å². The number of amides is 1. The van der Waals surface area contributed by atoms with Crippen LogP contribution in [0.25, 0.3) is 10.2 Å². The molecule has 0 radical (unpaired) electrons. The second-order valence-electron chi connectivity index (χ2n) is 7.25. The SMILES string of the molecule is COC(=O)c1ccc(C(=O)N(Cc2cccnc2)c2nc3cc(C)cc(C)c3s2)cc1. The molecule has 0 saturated heterocycles. The summed E-state index contributed by atoms with van der Waals surface area (Å²) >= 11 is 1.49. The first-order valence-corrected chi connectivity index (χ1v) is 10.5. The molecule has 4 rings (SSSR count). The van der Waals surface area contributed by atoms with Gasteiger partial charge in [0.15, 0.2) is 5.13 Å². The molecular weight excluding hydrogens is 410 g/mol. The predicted molar refractivity (Wildman–Crippen MR) is 122 cm³/mol. The number of carbonyl (C=O) groups excluding carboxylic acids is 2. The molecule has 2 aromatic heterocycles. The fourth-order valence-corrected chi connectivity index (χ4v) is 4.42. The van der Waals surface area contributed by atoms with E-state index in [-0.39, 0.29) is 5.91 Å². The number of rotatable bonds is 5. The van der Waals surface area contributed by atoms with Crippen LogP contribution < -0.4 is 4.90 Å². The maximum Gasteiger partial charge on any atom is 0.337 e. The van der Waals surface area contributed by atoms with Gasteiger partial charge in [0.25, 0.3) is 5.91 Å². The molecule has 0 spiro atoms. The Morgan fingerprint density at radius 2 is 1.81 bits per heavy atom. The van der Waals surface area contributed by atoms with Crippen molar-refractivity contribution in [3.8, 4) is 0 Å². The zero-order valence-corrected chi connectivity index (χ0v) is 18.3. The highest BCUT2D eigenvalue weighted by Crippen LogP contribution is 2.33. The molecule has 0 unspecified atom stereocenters. The number of ether oxygens (including phenoxy) is 1. The number of fused-ring (bicyclic) bond motifs is 1. The number of nitrogens with zero attached hydrogens (tertiary/aromatic N) is 3. The van der Waals surface area contributed by atoms with Crippen LogP contribution in [-0.4, -0.2) is 29.0 Å². The number of thiazole rings is 1. The summed E-state index contributed by atoms with van der Waals surface area (Å²) in [6.45, 7) is 4.42. The normalized spacial score (nSPS) is 10.8. The Hall–Kier alpha value is -3.58. The van der Waals surface area contributed by atoms with Gasteiger partial charge in [-0.1, -0.05) is 23.5 Å². The first-order chi connectivity index (χ1) is 15.0. The van der Waals surface area contributed by atoms with E-state index in [4.69, 9.17) is 9.72 Å². The first kappa shape index (κ1) is 20.7. The smallest absolute Gasteiger partial charge is 0.337 e. The summed E-state index contributed by atoms with van der Waals surface area (Å²) in [6.07, 6.45) is 3.44. The van der Waals surface area contributed by atoms with Crippen LogP contribution in [0.15, 0.2) is 60.9 Å².